The highest BCUT2D eigenvalue weighted by Gasteiger charge is 2.18. The number of carbonyl (C=O) groups is 1. The van der Waals surface area contributed by atoms with E-state index in [1.807, 2.05) is 0 Å². The van der Waals surface area contributed by atoms with Crippen LogP contribution in [0.5, 0.6) is 0 Å². The van der Waals surface area contributed by atoms with Gasteiger partial charge in [-0.15, -0.1) is 5.10 Å². The summed E-state index contributed by atoms with van der Waals surface area (Å²) >= 11 is 0. The van der Waals surface area contributed by atoms with Gasteiger partial charge in [-0.25, -0.2) is 9.48 Å². The standard InChI is InChI=1S/C11H13N5O3/c1-4-5-18-11(17)10-7(2)16(15-13-10)6-9-12-8(3)19-14-9/h4H,1,5-6H2,2-3H3. The number of hydrogen-bond acceptors (Lipinski definition) is 7. The highest BCUT2D eigenvalue weighted by atomic mass is 16.5. The fourth-order valence-electron chi connectivity index (χ4n) is 1.44. The molecule has 0 aliphatic carbocycles. The first-order valence-corrected chi connectivity index (χ1v) is 5.59. The second-order valence-electron chi connectivity index (χ2n) is 3.80. The third-order valence-electron chi connectivity index (χ3n) is 2.37. The van der Waals surface area contributed by atoms with Crippen LogP contribution in [0.2, 0.25) is 0 Å². The molecule has 0 radical (unpaired) electrons. The van der Waals surface area contributed by atoms with Crippen molar-refractivity contribution in [3.8, 4) is 0 Å². The summed E-state index contributed by atoms with van der Waals surface area (Å²) in [6.07, 6.45) is 1.49. The zero-order chi connectivity index (χ0) is 13.8. The van der Waals surface area contributed by atoms with Crippen molar-refractivity contribution in [1.29, 1.82) is 0 Å². The predicted octanol–water partition coefficient (Wildman–Crippen LogP) is 0.669. The van der Waals surface area contributed by atoms with Gasteiger partial charge in [-0.1, -0.05) is 23.0 Å². The first-order valence-electron chi connectivity index (χ1n) is 5.59. The van der Waals surface area contributed by atoms with Gasteiger partial charge < -0.3 is 9.26 Å². The van der Waals surface area contributed by atoms with Crippen LogP contribution in [0.4, 0.5) is 0 Å². The van der Waals surface area contributed by atoms with Crippen LogP contribution in [0.1, 0.15) is 27.9 Å². The molecule has 8 nitrogen and oxygen atoms in total. The van der Waals surface area contributed by atoms with E-state index in [4.69, 9.17) is 9.26 Å². The lowest BCUT2D eigenvalue weighted by atomic mass is 10.3. The average Bonchev–Trinajstić information content (AvgIpc) is 2.95. The van der Waals surface area contributed by atoms with Gasteiger partial charge in [-0.3, -0.25) is 0 Å². The Kier molecular flexibility index (Phi) is 3.69. The molecule has 0 spiro atoms. The van der Waals surface area contributed by atoms with Crippen molar-refractivity contribution in [2.24, 2.45) is 0 Å². The summed E-state index contributed by atoms with van der Waals surface area (Å²) < 4.78 is 11.3. The topological polar surface area (TPSA) is 95.9 Å². The highest BCUT2D eigenvalue weighted by molar-refractivity contribution is 5.88. The van der Waals surface area contributed by atoms with E-state index in [1.165, 1.54) is 10.8 Å². The van der Waals surface area contributed by atoms with Crippen LogP contribution in [0.15, 0.2) is 17.2 Å². The second kappa shape index (κ2) is 5.42. The molecule has 2 aromatic heterocycles. The molecule has 2 aromatic rings. The van der Waals surface area contributed by atoms with Crippen LogP contribution in [0.3, 0.4) is 0 Å². The smallest absolute Gasteiger partial charge is 0.361 e. The number of rotatable bonds is 5. The van der Waals surface area contributed by atoms with Gasteiger partial charge in [0.15, 0.2) is 11.5 Å². The Morgan fingerprint density at radius 3 is 2.95 bits per heavy atom. The molecular weight excluding hydrogens is 250 g/mol. The number of aryl methyl sites for hydroxylation is 1. The molecule has 19 heavy (non-hydrogen) atoms. The van der Waals surface area contributed by atoms with E-state index in [0.29, 0.717) is 17.4 Å². The van der Waals surface area contributed by atoms with E-state index < -0.39 is 5.97 Å². The van der Waals surface area contributed by atoms with Crippen LogP contribution in [-0.4, -0.2) is 37.7 Å². The largest absolute Gasteiger partial charge is 0.457 e. The molecule has 2 rings (SSSR count). The van der Waals surface area contributed by atoms with E-state index in [-0.39, 0.29) is 18.8 Å². The molecule has 0 saturated heterocycles. The maximum atomic E-state index is 11.7. The zero-order valence-electron chi connectivity index (χ0n) is 10.7. The van der Waals surface area contributed by atoms with Crippen molar-refractivity contribution < 1.29 is 14.1 Å². The fraction of sp³-hybridized carbons (Fsp3) is 0.364. The van der Waals surface area contributed by atoms with Crippen LogP contribution in [0.25, 0.3) is 0 Å². The van der Waals surface area contributed by atoms with Crippen molar-refractivity contribution in [2.45, 2.75) is 20.4 Å². The van der Waals surface area contributed by atoms with Crippen molar-refractivity contribution >= 4 is 5.97 Å². The lowest BCUT2D eigenvalue weighted by Crippen LogP contribution is -2.09. The third-order valence-corrected chi connectivity index (χ3v) is 2.37. The van der Waals surface area contributed by atoms with Crippen molar-refractivity contribution in [1.82, 2.24) is 25.1 Å². The number of carbonyl (C=O) groups excluding carboxylic acids is 1. The highest BCUT2D eigenvalue weighted by Crippen LogP contribution is 2.07. The molecule has 0 unspecified atom stereocenters. The van der Waals surface area contributed by atoms with E-state index in [1.54, 1.807) is 13.8 Å². The monoisotopic (exact) mass is 263 g/mol. The minimum absolute atomic E-state index is 0.134. The lowest BCUT2D eigenvalue weighted by Gasteiger charge is -2.00. The number of ether oxygens (including phenoxy) is 1. The maximum Gasteiger partial charge on any atom is 0.361 e. The Labute approximate surface area is 109 Å². The van der Waals surface area contributed by atoms with E-state index >= 15 is 0 Å². The number of esters is 1. The Hall–Kier alpha value is -2.51. The molecule has 8 heteroatoms. The average molecular weight is 263 g/mol. The third kappa shape index (κ3) is 2.84. The fourth-order valence-corrected chi connectivity index (χ4v) is 1.44. The molecular formula is C11H13N5O3. The van der Waals surface area contributed by atoms with Crippen LogP contribution in [0, 0.1) is 13.8 Å². The molecule has 0 saturated carbocycles. The molecule has 0 amide bonds. The summed E-state index contributed by atoms with van der Waals surface area (Å²) in [5, 5.41) is 11.4. The Balaban J connectivity index is 2.13. The van der Waals surface area contributed by atoms with Crippen LogP contribution >= 0.6 is 0 Å². The van der Waals surface area contributed by atoms with Crippen molar-refractivity contribution in [3.05, 3.63) is 35.8 Å². The van der Waals surface area contributed by atoms with Gasteiger partial charge in [-0.05, 0) is 6.92 Å². The zero-order valence-corrected chi connectivity index (χ0v) is 10.7. The molecule has 0 fully saturated rings. The number of hydrogen-bond donors (Lipinski definition) is 0. The van der Waals surface area contributed by atoms with Crippen molar-refractivity contribution in [2.75, 3.05) is 6.61 Å². The second-order valence-corrected chi connectivity index (χ2v) is 3.80. The van der Waals surface area contributed by atoms with Gasteiger partial charge in [0, 0.05) is 6.92 Å². The number of nitrogens with zero attached hydrogens (tertiary/aromatic N) is 5. The normalized spacial score (nSPS) is 10.4. The minimum Gasteiger partial charge on any atom is -0.457 e. The molecule has 0 aromatic carbocycles. The summed E-state index contributed by atoms with van der Waals surface area (Å²) in [5.74, 6) is 0.405. The SMILES string of the molecule is C=CCOC(=O)c1nnn(Cc2noc(C)n2)c1C. The number of aromatic nitrogens is 5. The van der Waals surface area contributed by atoms with E-state index in [9.17, 15) is 4.79 Å². The molecule has 0 bridgehead atoms. The summed E-state index contributed by atoms with van der Waals surface area (Å²) in [6.45, 7) is 7.30. The van der Waals surface area contributed by atoms with Gasteiger partial charge >= 0.3 is 5.97 Å². The lowest BCUT2D eigenvalue weighted by molar-refractivity contribution is 0.0542. The summed E-state index contributed by atoms with van der Waals surface area (Å²) in [6, 6.07) is 0. The Morgan fingerprint density at radius 2 is 2.32 bits per heavy atom. The Morgan fingerprint density at radius 1 is 1.53 bits per heavy atom. The van der Waals surface area contributed by atoms with Crippen LogP contribution in [-0.2, 0) is 11.3 Å². The Bertz CT molecular complexity index is 601. The van der Waals surface area contributed by atoms with Crippen molar-refractivity contribution in [3.63, 3.8) is 0 Å². The van der Waals surface area contributed by atoms with E-state index in [2.05, 4.69) is 27.0 Å². The molecule has 0 N–H and O–H groups in total. The van der Waals surface area contributed by atoms with Gasteiger partial charge in [0.25, 0.3) is 0 Å². The molecule has 0 aliphatic rings. The predicted molar refractivity (Wildman–Crippen MR) is 63.4 cm³/mol. The summed E-state index contributed by atoms with van der Waals surface area (Å²) in [5.41, 5.74) is 0.749. The minimum atomic E-state index is -0.534. The van der Waals surface area contributed by atoms with Crippen LogP contribution < -0.4 is 0 Å². The maximum absolute atomic E-state index is 11.7. The van der Waals surface area contributed by atoms with Gasteiger partial charge in [0.05, 0.1) is 5.69 Å². The molecule has 0 atom stereocenters. The van der Waals surface area contributed by atoms with Gasteiger partial charge in [0.2, 0.25) is 5.89 Å². The molecule has 0 aliphatic heterocycles. The van der Waals surface area contributed by atoms with E-state index in [0.717, 1.165) is 0 Å². The first-order chi connectivity index (χ1) is 9.11. The van der Waals surface area contributed by atoms with Gasteiger partial charge in [-0.2, -0.15) is 4.98 Å². The molecule has 100 valence electrons. The molecule has 2 heterocycles. The van der Waals surface area contributed by atoms with Gasteiger partial charge in [0.1, 0.15) is 13.2 Å². The first kappa shape index (κ1) is 12.9. The quantitative estimate of drug-likeness (QED) is 0.577. The summed E-state index contributed by atoms with van der Waals surface area (Å²) in [4.78, 5) is 15.7. The summed E-state index contributed by atoms with van der Waals surface area (Å²) in [7, 11) is 0.